The van der Waals surface area contributed by atoms with Crippen LogP contribution in [0.5, 0.6) is 11.5 Å². The van der Waals surface area contributed by atoms with Gasteiger partial charge in [-0.15, -0.1) is 0 Å². The lowest BCUT2D eigenvalue weighted by Gasteiger charge is -2.38. The van der Waals surface area contributed by atoms with Gasteiger partial charge in [0, 0.05) is 77.0 Å². The molecule has 2 aliphatic rings. The molecule has 4 heterocycles. The van der Waals surface area contributed by atoms with E-state index in [-0.39, 0.29) is 29.0 Å². The molecule has 2 aromatic heterocycles. The Morgan fingerprint density at radius 1 is 1.02 bits per heavy atom. The lowest BCUT2D eigenvalue weighted by atomic mass is 9.89. The number of hydrogen-bond donors (Lipinski definition) is 0. The molecule has 1 atom stereocenters. The second kappa shape index (κ2) is 14.9. The molecule has 0 spiro atoms. The van der Waals surface area contributed by atoms with Crippen LogP contribution in [0.1, 0.15) is 49.1 Å². The van der Waals surface area contributed by atoms with Gasteiger partial charge in [-0.2, -0.15) is 5.26 Å². The number of carbonyl (C=O) groups is 1. The Labute approximate surface area is 294 Å². The monoisotopic (exact) mass is 674 g/mol. The van der Waals surface area contributed by atoms with Crippen molar-refractivity contribution < 1.29 is 14.3 Å². The van der Waals surface area contributed by atoms with Crippen LogP contribution >= 0.6 is 0 Å². The number of carbonyl (C=O) groups excluding carboxylic acids is 1. The first-order valence-corrected chi connectivity index (χ1v) is 17.3. The van der Waals surface area contributed by atoms with Crippen LogP contribution in [0.3, 0.4) is 0 Å². The summed E-state index contributed by atoms with van der Waals surface area (Å²) in [5, 5.41) is 11.0. The molecule has 2 aliphatic heterocycles. The van der Waals surface area contributed by atoms with Crippen molar-refractivity contribution in [2.75, 3.05) is 46.9 Å². The standard InChI is InChI=1S/C40H46N6O4/c1-26(2)18-30(21-41)39(47)46-13-11-32-28(8-7-9-31(32)27(46)3)23-44-14-16-45(17-15-44)25-36-37(49-5)19-29(20-38(36)50-6)35-24-43(4)40(48)34-22-42-12-10-33(34)35/h7-10,12,18-20,22,24,26-27H,11,13-17,23,25H2,1-6H3/b30-18+. The minimum atomic E-state index is -0.179. The zero-order valence-corrected chi connectivity index (χ0v) is 29.9. The van der Waals surface area contributed by atoms with Gasteiger partial charge in [-0.3, -0.25) is 24.4 Å². The average Bonchev–Trinajstić information content (AvgIpc) is 3.13. The summed E-state index contributed by atoms with van der Waals surface area (Å²) in [6.45, 7) is 11.8. The Morgan fingerprint density at radius 2 is 1.70 bits per heavy atom. The molecule has 0 N–H and O–H groups in total. The zero-order chi connectivity index (χ0) is 35.5. The number of methoxy groups -OCH3 is 2. The average molecular weight is 675 g/mol. The third kappa shape index (κ3) is 6.89. The highest BCUT2D eigenvalue weighted by atomic mass is 16.5. The summed E-state index contributed by atoms with van der Waals surface area (Å²) in [5.74, 6) is 1.45. The van der Waals surface area contributed by atoms with E-state index in [0.717, 1.165) is 72.7 Å². The smallest absolute Gasteiger partial charge is 0.264 e. The SMILES string of the molecule is COc1cc(-c2cn(C)c(=O)c3cnccc23)cc(OC)c1CN1CCN(Cc2cccc3c2CCN(C(=O)/C(C#N)=C/C(C)C)C3C)CC1. The summed E-state index contributed by atoms with van der Waals surface area (Å²) in [6, 6.07) is 14.4. The van der Waals surface area contributed by atoms with Gasteiger partial charge in [-0.1, -0.05) is 38.1 Å². The van der Waals surface area contributed by atoms with E-state index in [2.05, 4.69) is 46.0 Å². The quantitative estimate of drug-likeness (QED) is 0.170. The second-order valence-electron chi connectivity index (χ2n) is 13.6. The number of aryl methyl sites for hydroxylation is 1. The largest absolute Gasteiger partial charge is 0.496 e. The third-order valence-corrected chi connectivity index (χ3v) is 10.1. The fourth-order valence-corrected chi connectivity index (χ4v) is 7.42. The van der Waals surface area contributed by atoms with Gasteiger partial charge in [-0.25, -0.2) is 0 Å². The number of piperazine rings is 1. The number of rotatable bonds is 9. The van der Waals surface area contributed by atoms with Crippen LogP contribution in [-0.4, -0.2) is 77.1 Å². The van der Waals surface area contributed by atoms with Crippen LogP contribution in [0, 0.1) is 17.2 Å². The van der Waals surface area contributed by atoms with E-state index in [4.69, 9.17) is 9.47 Å². The summed E-state index contributed by atoms with van der Waals surface area (Å²) in [7, 11) is 5.12. The van der Waals surface area contributed by atoms with Crippen LogP contribution < -0.4 is 15.0 Å². The number of ether oxygens (including phenoxy) is 2. The number of hydrogen-bond acceptors (Lipinski definition) is 8. The predicted octanol–water partition coefficient (Wildman–Crippen LogP) is 5.49. The van der Waals surface area contributed by atoms with Crippen molar-refractivity contribution >= 4 is 16.7 Å². The van der Waals surface area contributed by atoms with Crippen molar-refractivity contribution in [1.29, 1.82) is 5.26 Å². The molecule has 0 aliphatic carbocycles. The maximum Gasteiger partial charge on any atom is 0.264 e. The molecule has 1 saturated heterocycles. The van der Waals surface area contributed by atoms with Crippen molar-refractivity contribution in [3.05, 3.63) is 99.2 Å². The first-order chi connectivity index (χ1) is 24.1. The first-order valence-electron chi connectivity index (χ1n) is 17.3. The highest BCUT2D eigenvalue weighted by Crippen LogP contribution is 2.38. The molecule has 10 heteroatoms. The summed E-state index contributed by atoms with van der Waals surface area (Å²) in [5.41, 5.74) is 6.77. The molecular formula is C40H46N6O4. The minimum absolute atomic E-state index is 0.0864. The molecule has 6 rings (SSSR count). The Bertz CT molecular complexity index is 2010. The number of aromatic nitrogens is 2. The fourth-order valence-electron chi connectivity index (χ4n) is 7.42. The summed E-state index contributed by atoms with van der Waals surface area (Å²) in [6.07, 6.45) is 7.72. The van der Waals surface area contributed by atoms with Gasteiger partial charge < -0.3 is 18.9 Å². The van der Waals surface area contributed by atoms with Gasteiger partial charge in [0.05, 0.1) is 31.2 Å². The Kier molecular flexibility index (Phi) is 10.4. The number of amides is 1. The van der Waals surface area contributed by atoms with E-state index in [9.17, 15) is 14.9 Å². The number of pyridine rings is 2. The van der Waals surface area contributed by atoms with Gasteiger partial charge in [0.15, 0.2) is 0 Å². The molecule has 10 nitrogen and oxygen atoms in total. The lowest BCUT2D eigenvalue weighted by molar-refractivity contribution is -0.129. The number of benzene rings is 2. The molecule has 4 aromatic rings. The Hall–Kier alpha value is -4.98. The maximum absolute atomic E-state index is 13.3. The predicted molar refractivity (Wildman–Crippen MR) is 195 cm³/mol. The van der Waals surface area contributed by atoms with Crippen molar-refractivity contribution in [1.82, 2.24) is 24.3 Å². The summed E-state index contributed by atoms with van der Waals surface area (Å²) in [4.78, 5) is 37.0. The van der Waals surface area contributed by atoms with Gasteiger partial charge in [0.25, 0.3) is 11.5 Å². The zero-order valence-electron chi connectivity index (χ0n) is 29.9. The number of fused-ring (bicyclic) bond motifs is 2. The van der Waals surface area contributed by atoms with E-state index >= 15 is 0 Å². The molecule has 1 amide bonds. The highest BCUT2D eigenvalue weighted by molar-refractivity contribution is 5.98. The van der Waals surface area contributed by atoms with Crippen molar-refractivity contribution in [3.8, 4) is 28.7 Å². The lowest BCUT2D eigenvalue weighted by Crippen LogP contribution is -2.45. The van der Waals surface area contributed by atoms with E-state index in [0.29, 0.717) is 18.5 Å². The van der Waals surface area contributed by atoms with Crippen LogP contribution in [-0.2, 0) is 31.4 Å². The molecular weight excluding hydrogens is 628 g/mol. The van der Waals surface area contributed by atoms with Gasteiger partial charge in [-0.05, 0) is 65.1 Å². The molecule has 0 bridgehead atoms. The second-order valence-corrected chi connectivity index (χ2v) is 13.6. The van der Waals surface area contributed by atoms with Gasteiger partial charge in [0.2, 0.25) is 0 Å². The van der Waals surface area contributed by atoms with Crippen LogP contribution in [0.2, 0.25) is 0 Å². The number of allylic oxidation sites excluding steroid dienone is 1. The van der Waals surface area contributed by atoms with Crippen molar-refractivity contribution in [2.24, 2.45) is 13.0 Å². The van der Waals surface area contributed by atoms with Crippen LogP contribution in [0.15, 0.2) is 71.4 Å². The van der Waals surface area contributed by atoms with E-state index in [1.807, 2.05) is 43.1 Å². The van der Waals surface area contributed by atoms with E-state index in [1.165, 1.54) is 16.7 Å². The summed E-state index contributed by atoms with van der Waals surface area (Å²) >= 11 is 0. The first kappa shape index (κ1) is 34.9. The third-order valence-electron chi connectivity index (χ3n) is 10.1. The molecule has 0 radical (unpaired) electrons. The minimum Gasteiger partial charge on any atom is -0.496 e. The molecule has 1 fully saturated rings. The normalized spacial score (nSPS) is 17.1. The highest BCUT2D eigenvalue weighted by Gasteiger charge is 2.31. The topological polar surface area (TPSA) is 104 Å². The van der Waals surface area contributed by atoms with Gasteiger partial charge >= 0.3 is 0 Å². The molecule has 1 unspecified atom stereocenters. The number of nitriles is 1. The van der Waals surface area contributed by atoms with Crippen molar-refractivity contribution in [2.45, 2.75) is 46.3 Å². The molecule has 260 valence electrons. The Morgan fingerprint density at radius 3 is 2.34 bits per heavy atom. The number of nitrogens with zero attached hydrogens (tertiary/aromatic N) is 6. The van der Waals surface area contributed by atoms with Crippen LogP contribution in [0.25, 0.3) is 21.9 Å². The summed E-state index contributed by atoms with van der Waals surface area (Å²) < 4.78 is 13.5. The van der Waals surface area contributed by atoms with E-state index in [1.54, 1.807) is 44.3 Å². The van der Waals surface area contributed by atoms with Gasteiger partial charge in [0.1, 0.15) is 23.1 Å². The van der Waals surface area contributed by atoms with Crippen molar-refractivity contribution in [3.63, 3.8) is 0 Å². The maximum atomic E-state index is 13.3. The molecule has 0 saturated carbocycles. The molecule has 50 heavy (non-hydrogen) atoms. The van der Waals surface area contributed by atoms with Crippen LogP contribution in [0.4, 0.5) is 0 Å². The Balaban J connectivity index is 1.15. The fraction of sp³-hybridized carbons (Fsp3) is 0.400. The van der Waals surface area contributed by atoms with E-state index < -0.39 is 0 Å². The molecule has 2 aromatic carbocycles.